The van der Waals surface area contributed by atoms with Crippen LogP contribution < -0.4 is 0 Å². The first-order valence-electron chi connectivity index (χ1n) is 5.64. The number of nitrogens with zero attached hydrogens (tertiary/aromatic N) is 3. The van der Waals surface area contributed by atoms with E-state index in [1.165, 1.54) is 12.8 Å². The molecule has 5 heteroatoms. The van der Waals surface area contributed by atoms with Crippen LogP contribution >= 0.6 is 24.0 Å². The quantitative estimate of drug-likeness (QED) is 0.378. The lowest BCUT2D eigenvalue weighted by molar-refractivity contribution is 0.156. The molecule has 2 fully saturated rings. The van der Waals surface area contributed by atoms with Gasteiger partial charge in [-0.1, -0.05) is 0 Å². The molecule has 2 aliphatic heterocycles. The molecule has 1 unspecified atom stereocenters. The molecule has 2 heterocycles. The number of halogens is 1. The molecule has 16 heavy (non-hydrogen) atoms. The molecule has 1 atom stereocenters. The standard InChI is InChI=1S/C11H21N3O.HI/c1-12-10(13(2)3)14-6-4-11(8-14)5-7-15-9-11;/h4-9H2,1-3H3;1H. The zero-order chi connectivity index (χ0) is 10.9. The molecule has 0 bridgehead atoms. The normalized spacial score (nSPS) is 29.7. The molecule has 2 saturated heterocycles. The summed E-state index contributed by atoms with van der Waals surface area (Å²) in [5.41, 5.74) is 0.423. The summed E-state index contributed by atoms with van der Waals surface area (Å²) in [7, 11) is 5.97. The van der Waals surface area contributed by atoms with Crippen LogP contribution in [0.3, 0.4) is 0 Å². The fourth-order valence-electron chi connectivity index (χ4n) is 2.70. The Labute approximate surface area is 115 Å². The third-order valence-electron chi connectivity index (χ3n) is 3.51. The van der Waals surface area contributed by atoms with Crippen molar-refractivity contribution in [2.45, 2.75) is 12.8 Å². The average Bonchev–Trinajstić information content (AvgIpc) is 2.79. The molecular formula is C11H22IN3O. The van der Waals surface area contributed by atoms with Gasteiger partial charge in [-0.2, -0.15) is 0 Å². The molecular weight excluding hydrogens is 317 g/mol. The van der Waals surface area contributed by atoms with Crippen LogP contribution in [0.1, 0.15) is 12.8 Å². The van der Waals surface area contributed by atoms with Gasteiger partial charge in [0.15, 0.2) is 5.96 Å². The molecule has 2 aliphatic rings. The summed E-state index contributed by atoms with van der Waals surface area (Å²) >= 11 is 0. The Morgan fingerprint density at radius 3 is 2.62 bits per heavy atom. The Morgan fingerprint density at radius 2 is 2.12 bits per heavy atom. The van der Waals surface area contributed by atoms with Crippen LogP contribution in [0.5, 0.6) is 0 Å². The van der Waals surface area contributed by atoms with Crippen LogP contribution in [-0.2, 0) is 4.74 Å². The molecule has 1 spiro atoms. The maximum Gasteiger partial charge on any atom is 0.195 e. The van der Waals surface area contributed by atoms with E-state index in [-0.39, 0.29) is 24.0 Å². The SMILES string of the molecule is CN=C(N(C)C)N1CCC2(CCOC2)C1.I. The van der Waals surface area contributed by atoms with Gasteiger partial charge in [-0.25, -0.2) is 0 Å². The number of rotatable bonds is 0. The first-order chi connectivity index (χ1) is 7.17. The second-order valence-corrected chi connectivity index (χ2v) is 4.89. The van der Waals surface area contributed by atoms with E-state index >= 15 is 0 Å². The lowest BCUT2D eigenvalue weighted by Gasteiger charge is -2.27. The fourth-order valence-corrected chi connectivity index (χ4v) is 2.70. The van der Waals surface area contributed by atoms with E-state index in [0.717, 1.165) is 32.3 Å². The van der Waals surface area contributed by atoms with Gasteiger partial charge in [-0.3, -0.25) is 4.99 Å². The molecule has 0 amide bonds. The van der Waals surface area contributed by atoms with Gasteiger partial charge in [-0.05, 0) is 12.8 Å². The molecule has 0 aliphatic carbocycles. The average molecular weight is 339 g/mol. The van der Waals surface area contributed by atoms with E-state index in [2.05, 4.69) is 28.9 Å². The third-order valence-corrected chi connectivity index (χ3v) is 3.51. The highest BCUT2D eigenvalue weighted by molar-refractivity contribution is 14.0. The molecule has 2 rings (SSSR count). The van der Waals surface area contributed by atoms with Crippen molar-refractivity contribution in [2.24, 2.45) is 10.4 Å². The number of ether oxygens (including phenoxy) is 1. The Morgan fingerprint density at radius 1 is 1.38 bits per heavy atom. The van der Waals surface area contributed by atoms with Crippen LogP contribution in [-0.4, -0.2) is 63.2 Å². The summed E-state index contributed by atoms with van der Waals surface area (Å²) in [5.74, 6) is 1.10. The van der Waals surface area contributed by atoms with Gasteiger partial charge in [0.05, 0.1) is 6.61 Å². The van der Waals surface area contributed by atoms with E-state index < -0.39 is 0 Å². The molecule has 0 saturated carbocycles. The highest BCUT2D eigenvalue weighted by atomic mass is 127. The Bertz CT molecular complexity index is 262. The highest BCUT2D eigenvalue weighted by Gasteiger charge is 2.42. The summed E-state index contributed by atoms with van der Waals surface area (Å²) in [6, 6.07) is 0. The molecule has 0 aromatic carbocycles. The molecule has 0 aromatic rings. The Hall–Kier alpha value is -0.0400. The molecule has 0 N–H and O–H groups in total. The van der Waals surface area contributed by atoms with Crippen LogP contribution in [0.15, 0.2) is 4.99 Å². The van der Waals surface area contributed by atoms with Gasteiger partial charge < -0.3 is 14.5 Å². The van der Waals surface area contributed by atoms with Gasteiger partial charge in [0.2, 0.25) is 0 Å². The second-order valence-electron chi connectivity index (χ2n) is 4.89. The summed E-state index contributed by atoms with van der Waals surface area (Å²) in [5, 5.41) is 0. The highest BCUT2D eigenvalue weighted by Crippen LogP contribution is 2.38. The summed E-state index contributed by atoms with van der Waals surface area (Å²) in [6.07, 6.45) is 2.47. The van der Waals surface area contributed by atoms with Crippen molar-refractivity contribution in [1.29, 1.82) is 0 Å². The predicted molar refractivity (Wildman–Crippen MR) is 76.5 cm³/mol. The Kier molecular flexibility index (Phi) is 4.85. The van der Waals surface area contributed by atoms with Crippen molar-refractivity contribution >= 4 is 29.9 Å². The number of hydrogen-bond donors (Lipinski definition) is 0. The molecule has 94 valence electrons. The summed E-state index contributed by atoms with van der Waals surface area (Å²) in [6.45, 7) is 4.11. The number of guanidine groups is 1. The minimum absolute atomic E-state index is 0. The monoisotopic (exact) mass is 339 g/mol. The van der Waals surface area contributed by atoms with Crippen molar-refractivity contribution < 1.29 is 4.74 Å². The Balaban J connectivity index is 0.00000128. The smallest absolute Gasteiger partial charge is 0.195 e. The van der Waals surface area contributed by atoms with Gasteiger partial charge >= 0.3 is 0 Å². The van der Waals surface area contributed by atoms with Gasteiger partial charge in [0.1, 0.15) is 0 Å². The van der Waals surface area contributed by atoms with Gasteiger partial charge in [0, 0.05) is 46.3 Å². The van der Waals surface area contributed by atoms with E-state index in [4.69, 9.17) is 4.74 Å². The van der Waals surface area contributed by atoms with Crippen molar-refractivity contribution in [3.63, 3.8) is 0 Å². The lowest BCUT2D eigenvalue weighted by Crippen LogP contribution is -2.40. The first kappa shape index (κ1) is 14.0. The van der Waals surface area contributed by atoms with Crippen molar-refractivity contribution in [3.8, 4) is 0 Å². The molecule has 4 nitrogen and oxygen atoms in total. The van der Waals surface area contributed by atoms with Crippen molar-refractivity contribution in [2.75, 3.05) is 47.4 Å². The van der Waals surface area contributed by atoms with Gasteiger partial charge in [0.25, 0.3) is 0 Å². The minimum atomic E-state index is 0. The predicted octanol–water partition coefficient (Wildman–Crippen LogP) is 1.26. The zero-order valence-electron chi connectivity index (χ0n) is 10.4. The summed E-state index contributed by atoms with van der Waals surface area (Å²) in [4.78, 5) is 8.83. The van der Waals surface area contributed by atoms with Crippen LogP contribution in [0.2, 0.25) is 0 Å². The van der Waals surface area contributed by atoms with Crippen LogP contribution in [0.4, 0.5) is 0 Å². The molecule has 0 aromatic heterocycles. The zero-order valence-corrected chi connectivity index (χ0v) is 12.7. The van der Waals surface area contributed by atoms with Crippen LogP contribution in [0, 0.1) is 5.41 Å². The minimum Gasteiger partial charge on any atom is -0.381 e. The van der Waals surface area contributed by atoms with E-state index in [9.17, 15) is 0 Å². The van der Waals surface area contributed by atoms with E-state index in [1.54, 1.807) is 0 Å². The van der Waals surface area contributed by atoms with Crippen molar-refractivity contribution in [3.05, 3.63) is 0 Å². The fraction of sp³-hybridized carbons (Fsp3) is 0.909. The largest absolute Gasteiger partial charge is 0.381 e. The van der Waals surface area contributed by atoms with Gasteiger partial charge in [-0.15, -0.1) is 24.0 Å². The lowest BCUT2D eigenvalue weighted by atomic mass is 9.87. The topological polar surface area (TPSA) is 28.1 Å². The number of likely N-dealkylation sites (tertiary alicyclic amines) is 1. The molecule has 0 radical (unpaired) electrons. The number of hydrogen-bond acceptors (Lipinski definition) is 2. The number of aliphatic imine (C=N–C) groups is 1. The van der Waals surface area contributed by atoms with Crippen LogP contribution in [0.25, 0.3) is 0 Å². The third kappa shape index (κ3) is 2.61. The maximum absolute atomic E-state index is 5.52. The first-order valence-corrected chi connectivity index (χ1v) is 5.64. The summed E-state index contributed by atoms with van der Waals surface area (Å²) < 4.78 is 5.52. The van der Waals surface area contributed by atoms with Crippen molar-refractivity contribution in [1.82, 2.24) is 9.80 Å². The maximum atomic E-state index is 5.52. The van der Waals surface area contributed by atoms with E-state index in [1.807, 2.05) is 7.05 Å². The van der Waals surface area contributed by atoms with E-state index in [0.29, 0.717) is 5.41 Å². The second kappa shape index (κ2) is 5.53.